The molecule has 0 atom stereocenters. The SMILES string of the molecule is [Cl-].[Cl-].[N-]=[N+]=C1C=CC(Oc2ccccc2)=CC1.[Zn+2]. The molecule has 0 aromatic heterocycles. The minimum atomic E-state index is 0. The van der Waals surface area contributed by atoms with E-state index in [0.717, 1.165) is 11.5 Å². The Kier molecular flexibility index (Phi) is 10.8. The molecule has 6 heteroatoms. The van der Waals surface area contributed by atoms with Crippen LogP contribution in [0.15, 0.2) is 54.3 Å². The molecule has 0 heterocycles. The van der Waals surface area contributed by atoms with Gasteiger partial charge < -0.3 is 35.1 Å². The first-order chi connectivity index (χ1) is 7.38. The molecule has 0 bridgehead atoms. The van der Waals surface area contributed by atoms with Crippen LogP contribution < -0.4 is 29.6 Å². The van der Waals surface area contributed by atoms with Crippen molar-refractivity contribution in [1.82, 2.24) is 0 Å². The second-order valence-electron chi connectivity index (χ2n) is 3.15. The largest absolute Gasteiger partial charge is 2.00 e. The van der Waals surface area contributed by atoms with E-state index in [0.29, 0.717) is 12.1 Å². The maximum absolute atomic E-state index is 8.53. The van der Waals surface area contributed by atoms with Gasteiger partial charge in [0.05, 0.1) is 6.42 Å². The molecule has 0 unspecified atom stereocenters. The van der Waals surface area contributed by atoms with Crippen LogP contribution in [-0.4, -0.2) is 10.5 Å². The van der Waals surface area contributed by atoms with E-state index < -0.39 is 0 Å². The van der Waals surface area contributed by atoms with Crippen molar-refractivity contribution in [3.63, 3.8) is 0 Å². The van der Waals surface area contributed by atoms with Crippen molar-refractivity contribution in [1.29, 1.82) is 0 Å². The Morgan fingerprint density at radius 3 is 2.22 bits per heavy atom. The van der Waals surface area contributed by atoms with Gasteiger partial charge >= 0.3 is 19.5 Å². The van der Waals surface area contributed by atoms with Crippen LogP contribution in [0.2, 0.25) is 0 Å². The summed E-state index contributed by atoms with van der Waals surface area (Å²) in [6.07, 6.45) is 5.99. The summed E-state index contributed by atoms with van der Waals surface area (Å²) < 4.78 is 5.59. The molecule has 1 aromatic rings. The molecule has 18 heavy (non-hydrogen) atoms. The number of ether oxygens (including phenoxy) is 1. The quantitative estimate of drug-likeness (QED) is 0.316. The number of halogens is 2. The predicted octanol–water partition coefficient (Wildman–Crippen LogP) is -3.41. The molecule has 3 nitrogen and oxygen atoms in total. The van der Waals surface area contributed by atoms with Gasteiger partial charge in [-0.15, -0.1) is 0 Å². The first-order valence-corrected chi connectivity index (χ1v) is 4.70. The normalized spacial score (nSPS) is 12.0. The van der Waals surface area contributed by atoms with E-state index in [9.17, 15) is 0 Å². The minimum absolute atomic E-state index is 0. The Balaban J connectivity index is 0. The number of allylic oxidation sites excluding steroid dienone is 3. The van der Waals surface area contributed by atoms with Gasteiger partial charge in [0.15, 0.2) is 0 Å². The maximum Gasteiger partial charge on any atom is 2.00 e. The van der Waals surface area contributed by atoms with Crippen LogP contribution in [-0.2, 0) is 19.5 Å². The van der Waals surface area contributed by atoms with Crippen molar-refractivity contribution < 1.29 is 53.8 Å². The zero-order valence-electron chi connectivity index (χ0n) is 9.59. The smallest absolute Gasteiger partial charge is 1.00 e. The van der Waals surface area contributed by atoms with Crippen molar-refractivity contribution in [3.05, 3.63) is 59.9 Å². The summed E-state index contributed by atoms with van der Waals surface area (Å²) >= 11 is 0. The predicted molar refractivity (Wildman–Crippen MR) is 57.5 cm³/mol. The summed E-state index contributed by atoms with van der Waals surface area (Å²) in [5.41, 5.74) is 9.17. The number of hydrogen-bond acceptors (Lipinski definition) is 1. The van der Waals surface area contributed by atoms with Gasteiger partial charge in [-0.2, -0.15) is 4.79 Å². The number of rotatable bonds is 2. The summed E-state index contributed by atoms with van der Waals surface area (Å²) in [6, 6.07) is 9.56. The molecule has 0 N–H and O–H groups in total. The molecule has 1 aromatic carbocycles. The number of para-hydroxylation sites is 1. The second kappa shape index (κ2) is 10.0. The fourth-order valence-corrected chi connectivity index (χ4v) is 1.29. The van der Waals surface area contributed by atoms with Crippen molar-refractivity contribution in [2.75, 3.05) is 0 Å². The van der Waals surface area contributed by atoms with Crippen molar-refractivity contribution in [3.8, 4) is 5.75 Å². The van der Waals surface area contributed by atoms with Gasteiger partial charge in [0.2, 0.25) is 0 Å². The average molecular weight is 335 g/mol. The standard InChI is InChI=1S/C12H10N2O.2ClH.Zn/c13-14-10-6-8-12(9-7-10)15-11-4-2-1-3-5-11;;;/h1-6,8-9H,7H2;2*1H;/q;;;+2/p-2. The van der Waals surface area contributed by atoms with Gasteiger partial charge in [-0.25, -0.2) is 0 Å². The molecule has 90 valence electrons. The van der Waals surface area contributed by atoms with E-state index in [2.05, 4.69) is 4.79 Å². The zero-order valence-corrected chi connectivity index (χ0v) is 14.1. The third-order valence-corrected chi connectivity index (χ3v) is 2.06. The zero-order chi connectivity index (χ0) is 10.5. The maximum atomic E-state index is 8.53. The van der Waals surface area contributed by atoms with E-state index >= 15 is 0 Å². The Hall–Kier alpha value is -0.917. The summed E-state index contributed by atoms with van der Waals surface area (Å²) in [5.74, 6) is 1.58. The third kappa shape index (κ3) is 5.61. The summed E-state index contributed by atoms with van der Waals surface area (Å²) in [7, 11) is 0. The molecule has 0 saturated heterocycles. The minimum Gasteiger partial charge on any atom is -1.00 e. The first kappa shape index (κ1) is 19.4. The Morgan fingerprint density at radius 1 is 1.06 bits per heavy atom. The second-order valence-corrected chi connectivity index (χ2v) is 3.15. The van der Waals surface area contributed by atoms with Crippen LogP contribution in [0.1, 0.15) is 6.42 Å². The van der Waals surface area contributed by atoms with Crippen LogP contribution in [0.3, 0.4) is 0 Å². The topological polar surface area (TPSA) is 45.6 Å². The molecule has 0 radical (unpaired) electrons. The van der Waals surface area contributed by atoms with Crippen LogP contribution in [0.4, 0.5) is 0 Å². The molecular formula is C12H10Cl2N2OZn. The van der Waals surface area contributed by atoms with E-state index in [4.69, 9.17) is 10.3 Å². The van der Waals surface area contributed by atoms with E-state index in [-0.39, 0.29) is 44.3 Å². The number of nitrogens with zero attached hydrogens (tertiary/aromatic N) is 2. The van der Waals surface area contributed by atoms with Gasteiger partial charge in [-0.3, -0.25) is 0 Å². The van der Waals surface area contributed by atoms with Gasteiger partial charge in [0.25, 0.3) is 5.71 Å². The Bertz CT molecular complexity index is 468. The summed E-state index contributed by atoms with van der Waals surface area (Å²) in [6.45, 7) is 0. The first-order valence-electron chi connectivity index (χ1n) is 4.70. The summed E-state index contributed by atoms with van der Waals surface area (Å²) in [4.78, 5) is 3.12. The van der Waals surface area contributed by atoms with Gasteiger partial charge in [0.1, 0.15) is 11.5 Å². The van der Waals surface area contributed by atoms with Crippen molar-refractivity contribution in [2.45, 2.75) is 6.42 Å². The van der Waals surface area contributed by atoms with Crippen LogP contribution in [0.25, 0.3) is 5.53 Å². The average Bonchev–Trinajstić information content (AvgIpc) is 2.31. The van der Waals surface area contributed by atoms with Gasteiger partial charge in [-0.05, 0) is 24.3 Å². The monoisotopic (exact) mass is 332 g/mol. The number of hydrogen-bond donors (Lipinski definition) is 0. The summed E-state index contributed by atoms with van der Waals surface area (Å²) in [5, 5.41) is 0. The number of benzene rings is 1. The van der Waals surface area contributed by atoms with Gasteiger partial charge in [-0.1, -0.05) is 18.2 Å². The molecule has 2 rings (SSSR count). The third-order valence-electron chi connectivity index (χ3n) is 2.06. The molecule has 0 fully saturated rings. The Labute approximate surface area is 131 Å². The van der Waals surface area contributed by atoms with Crippen molar-refractivity contribution >= 4 is 5.71 Å². The fourth-order valence-electron chi connectivity index (χ4n) is 1.29. The van der Waals surface area contributed by atoms with Crippen molar-refractivity contribution in [2.24, 2.45) is 0 Å². The molecule has 0 aliphatic heterocycles. The van der Waals surface area contributed by atoms with Gasteiger partial charge in [0, 0.05) is 6.08 Å². The molecule has 0 amide bonds. The molecular weight excluding hydrogens is 324 g/mol. The van der Waals surface area contributed by atoms with Crippen LogP contribution >= 0.6 is 0 Å². The molecule has 0 saturated carbocycles. The molecule has 1 aliphatic carbocycles. The molecule has 0 spiro atoms. The fraction of sp³-hybridized carbons (Fsp3) is 0.0833. The Morgan fingerprint density at radius 2 is 1.72 bits per heavy atom. The van der Waals surface area contributed by atoms with E-state index in [1.165, 1.54) is 0 Å². The van der Waals surface area contributed by atoms with E-state index in [1.54, 1.807) is 12.2 Å². The van der Waals surface area contributed by atoms with Crippen LogP contribution in [0.5, 0.6) is 5.75 Å². The van der Waals surface area contributed by atoms with Crippen LogP contribution in [0, 0.1) is 0 Å². The molecule has 1 aliphatic rings. The van der Waals surface area contributed by atoms with E-state index in [1.807, 2.05) is 36.4 Å².